The topological polar surface area (TPSA) is 307 Å². The summed E-state index contributed by atoms with van der Waals surface area (Å²) in [6, 6.07) is -0.965. The minimum atomic E-state index is -1.97. The van der Waals surface area contributed by atoms with Gasteiger partial charge < -0.3 is 89.9 Å². The van der Waals surface area contributed by atoms with E-state index in [4.69, 9.17) is 28.4 Å². The molecule has 17 unspecified atom stereocenters. The van der Waals surface area contributed by atoms with Crippen LogP contribution in [-0.4, -0.2) is 193 Å². The third-order valence-corrected chi connectivity index (χ3v) is 15.4. The summed E-state index contributed by atoms with van der Waals surface area (Å²) in [5.74, 6) is -0.362. The molecular weight excluding hydrogens is 987 g/mol. The van der Waals surface area contributed by atoms with Crippen LogP contribution in [0.25, 0.3) is 0 Å². The highest BCUT2D eigenvalue weighted by atomic mass is 16.8. The minimum Gasteiger partial charge on any atom is -0.394 e. The molecule has 0 bridgehead atoms. The normalized spacial score (nSPS) is 31.0. The Balaban J connectivity index is 1.25. The third-order valence-electron chi connectivity index (χ3n) is 15.4. The summed E-state index contributed by atoms with van der Waals surface area (Å²) in [5, 5.41) is 119. The first-order valence-electron chi connectivity index (χ1n) is 29.9. The summed E-state index contributed by atoms with van der Waals surface area (Å²) in [6.45, 7) is 1.16. The highest BCUT2D eigenvalue weighted by Gasteiger charge is 2.53. The molecule has 0 radical (unpaired) electrons. The fourth-order valence-corrected chi connectivity index (χ4v) is 10.4. The van der Waals surface area contributed by atoms with Crippen LogP contribution in [-0.2, 0) is 33.2 Å². The number of aliphatic hydroxyl groups is 11. The quantitative estimate of drug-likeness (QED) is 0.0283. The Morgan fingerprint density at radius 2 is 0.803 bits per heavy atom. The molecule has 448 valence electrons. The first-order valence-corrected chi connectivity index (χ1v) is 29.9. The molecule has 19 nitrogen and oxygen atoms in total. The van der Waals surface area contributed by atoms with E-state index in [1.54, 1.807) is 13.0 Å². The highest BCUT2D eigenvalue weighted by molar-refractivity contribution is 5.75. The van der Waals surface area contributed by atoms with Crippen molar-refractivity contribution < 1.29 is 89.4 Å². The SMILES string of the molecule is CCCCCCCCCCCCCCCCCCCCCCCCCCCCCCC/C=C/C(O)C(COC1OC(CO)C(OC2OC(CO)C(OC3OC(CO)C(O)C(O)C3O)C(O)C2O)C(O)C1O)NC(=O)CC. The average Bonchev–Trinajstić information content (AvgIpc) is 3.42. The molecule has 3 aliphatic heterocycles. The zero-order chi connectivity index (χ0) is 55.5. The van der Waals surface area contributed by atoms with E-state index >= 15 is 0 Å². The first kappa shape index (κ1) is 68.8. The van der Waals surface area contributed by atoms with Gasteiger partial charge in [-0.25, -0.2) is 0 Å². The maximum Gasteiger partial charge on any atom is 0.220 e. The van der Waals surface area contributed by atoms with Crippen LogP contribution < -0.4 is 5.32 Å². The number of aliphatic hydroxyl groups excluding tert-OH is 11. The summed E-state index contributed by atoms with van der Waals surface area (Å²) in [4.78, 5) is 12.4. The van der Waals surface area contributed by atoms with Crippen molar-refractivity contribution in [3.63, 3.8) is 0 Å². The lowest BCUT2D eigenvalue weighted by Crippen LogP contribution is -2.66. The molecule has 3 fully saturated rings. The number of carbonyl (C=O) groups excluding carboxylic acids is 1. The zero-order valence-electron chi connectivity index (χ0n) is 46.5. The lowest BCUT2D eigenvalue weighted by molar-refractivity contribution is -0.379. The Kier molecular flexibility index (Phi) is 37.6. The Hall–Kier alpha value is -1.47. The van der Waals surface area contributed by atoms with E-state index < -0.39 is 124 Å². The Labute approximate surface area is 455 Å². The van der Waals surface area contributed by atoms with Crippen LogP contribution in [0.3, 0.4) is 0 Å². The summed E-state index contributed by atoms with van der Waals surface area (Å²) < 4.78 is 33.8. The average molecular weight is 1090 g/mol. The van der Waals surface area contributed by atoms with Crippen molar-refractivity contribution in [3.8, 4) is 0 Å². The molecule has 3 rings (SSSR count). The standard InChI is InChI=1S/C57H107NO18/c1-3-5-6-7-8-9-10-11-12-13-14-15-16-17-18-19-20-21-22-23-24-25-26-27-28-29-30-31-32-33-34-35-41(62)40(58-45(63)4-2)39-71-55-51(69)48(66)53(43(37-60)73-55)76-57-52(70)49(67)54(44(38-61)74-57)75-56-50(68)47(65)46(64)42(36-59)72-56/h34-35,40-44,46-57,59-62,64-70H,3-33,36-39H2,1-2H3,(H,58,63)/b35-34+. The van der Waals surface area contributed by atoms with Gasteiger partial charge in [0, 0.05) is 6.42 Å². The lowest BCUT2D eigenvalue weighted by Gasteiger charge is -2.48. The van der Waals surface area contributed by atoms with Crippen LogP contribution >= 0.6 is 0 Å². The second-order valence-electron chi connectivity index (χ2n) is 21.8. The van der Waals surface area contributed by atoms with Gasteiger partial charge in [0.2, 0.25) is 5.91 Å². The Morgan fingerprint density at radius 3 is 1.18 bits per heavy atom. The van der Waals surface area contributed by atoms with Crippen LogP contribution in [0.4, 0.5) is 0 Å². The number of nitrogens with one attached hydrogen (secondary N) is 1. The number of rotatable bonds is 44. The molecule has 0 spiro atoms. The van der Waals surface area contributed by atoms with Crippen LogP contribution in [0.1, 0.15) is 213 Å². The third kappa shape index (κ3) is 25.5. The monoisotopic (exact) mass is 1090 g/mol. The van der Waals surface area contributed by atoms with Gasteiger partial charge in [-0.1, -0.05) is 206 Å². The molecule has 0 aromatic rings. The van der Waals surface area contributed by atoms with E-state index in [1.165, 1.54) is 167 Å². The fourth-order valence-electron chi connectivity index (χ4n) is 10.4. The number of hydrogen-bond donors (Lipinski definition) is 12. The van der Waals surface area contributed by atoms with Crippen molar-refractivity contribution in [1.29, 1.82) is 0 Å². The maximum atomic E-state index is 12.4. The number of amides is 1. The Bertz CT molecular complexity index is 1450. The van der Waals surface area contributed by atoms with Crippen molar-refractivity contribution in [3.05, 3.63) is 12.2 Å². The molecule has 19 heteroatoms. The van der Waals surface area contributed by atoms with E-state index in [1.807, 2.05) is 6.08 Å². The van der Waals surface area contributed by atoms with E-state index in [0.29, 0.717) is 0 Å². The van der Waals surface area contributed by atoms with Gasteiger partial charge in [-0.05, 0) is 12.8 Å². The van der Waals surface area contributed by atoms with Gasteiger partial charge in [0.05, 0.1) is 38.6 Å². The summed E-state index contributed by atoms with van der Waals surface area (Å²) >= 11 is 0. The van der Waals surface area contributed by atoms with Gasteiger partial charge in [0.1, 0.15) is 73.2 Å². The van der Waals surface area contributed by atoms with Crippen LogP contribution in [0.15, 0.2) is 12.2 Å². The highest BCUT2D eigenvalue weighted by Crippen LogP contribution is 2.33. The predicted octanol–water partition coefficient (Wildman–Crippen LogP) is 4.99. The van der Waals surface area contributed by atoms with E-state index in [2.05, 4.69) is 12.2 Å². The molecule has 0 aromatic heterocycles. The van der Waals surface area contributed by atoms with Crippen molar-refractivity contribution >= 4 is 5.91 Å². The van der Waals surface area contributed by atoms with E-state index in [9.17, 15) is 61.0 Å². The van der Waals surface area contributed by atoms with Gasteiger partial charge in [0.15, 0.2) is 18.9 Å². The van der Waals surface area contributed by atoms with Crippen molar-refractivity contribution in [2.75, 3.05) is 26.4 Å². The van der Waals surface area contributed by atoms with Crippen LogP contribution in [0.2, 0.25) is 0 Å². The minimum absolute atomic E-state index is 0.126. The van der Waals surface area contributed by atoms with Gasteiger partial charge >= 0.3 is 0 Å². The summed E-state index contributed by atoms with van der Waals surface area (Å²) in [5.41, 5.74) is 0. The van der Waals surface area contributed by atoms with E-state index in [0.717, 1.165) is 25.7 Å². The van der Waals surface area contributed by atoms with Crippen molar-refractivity contribution in [2.24, 2.45) is 0 Å². The van der Waals surface area contributed by atoms with Gasteiger partial charge in [0.25, 0.3) is 0 Å². The molecule has 1 amide bonds. The van der Waals surface area contributed by atoms with Gasteiger partial charge in [-0.2, -0.15) is 0 Å². The van der Waals surface area contributed by atoms with Crippen LogP contribution in [0, 0.1) is 0 Å². The fraction of sp³-hybridized carbons (Fsp3) is 0.947. The maximum absolute atomic E-state index is 12.4. The van der Waals surface area contributed by atoms with Crippen molar-refractivity contribution in [1.82, 2.24) is 5.32 Å². The molecule has 3 aliphatic rings. The number of allylic oxidation sites excluding steroid dienone is 1. The first-order chi connectivity index (χ1) is 36.8. The molecule has 12 N–H and O–H groups in total. The second-order valence-corrected chi connectivity index (χ2v) is 21.8. The smallest absolute Gasteiger partial charge is 0.220 e. The van der Waals surface area contributed by atoms with Crippen LogP contribution in [0.5, 0.6) is 0 Å². The van der Waals surface area contributed by atoms with Gasteiger partial charge in [-0.3, -0.25) is 4.79 Å². The molecule has 17 atom stereocenters. The second kappa shape index (κ2) is 41.5. The van der Waals surface area contributed by atoms with Crippen molar-refractivity contribution in [2.45, 2.75) is 317 Å². The molecule has 3 heterocycles. The number of unbranched alkanes of at least 4 members (excludes halogenated alkanes) is 29. The molecule has 3 saturated heterocycles. The number of ether oxygens (including phenoxy) is 6. The molecule has 0 aliphatic carbocycles. The number of hydrogen-bond acceptors (Lipinski definition) is 18. The van der Waals surface area contributed by atoms with Gasteiger partial charge in [-0.15, -0.1) is 0 Å². The summed E-state index contributed by atoms with van der Waals surface area (Å²) in [7, 11) is 0. The van der Waals surface area contributed by atoms with E-state index in [-0.39, 0.29) is 18.9 Å². The molecule has 0 saturated carbocycles. The molecule has 76 heavy (non-hydrogen) atoms. The zero-order valence-corrected chi connectivity index (χ0v) is 46.5. The lowest BCUT2D eigenvalue weighted by atomic mass is 9.96. The molecular formula is C57H107NO18. The Morgan fingerprint density at radius 1 is 0.461 bits per heavy atom. The largest absolute Gasteiger partial charge is 0.394 e. The number of carbonyl (C=O) groups is 1. The summed E-state index contributed by atoms with van der Waals surface area (Å²) in [6.07, 6.45) is 16.7. The predicted molar refractivity (Wildman–Crippen MR) is 287 cm³/mol. The molecule has 0 aromatic carbocycles.